The molecular weight excluding hydrogens is 426 g/mol. The van der Waals surface area contributed by atoms with Crippen LogP contribution in [0.15, 0.2) is 53.0 Å². The van der Waals surface area contributed by atoms with E-state index in [1.165, 1.54) is 0 Å². The van der Waals surface area contributed by atoms with Crippen molar-refractivity contribution >= 4 is 44.4 Å². The molecule has 0 bridgehead atoms. The van der Waals surface area contributed by atoms with Gasteiger partial charge in [-0.2, -0.15) is 0 Å². The first-order valence-electron chi connectivity index (χ1n) is 9.12. The molecule has 0 saturated carbocycles. The number of carbonyl (C=O) groups excluding carboxylic acids is 1. The normalized spacial score (nSPS) is 10.9. The van der Waals surface area contributed by atoms with Crippen molar-refractivity contribution in [3.05, 3.63) is 63.6 Å². The molecule has 140 valence electrons. The number of nitrogens with zero attached hydrogens (tertiary/aromatic N) is 1. The van der Waals surface area contributed by atoms with E-state index < -0.39 is 0 Å². The second kappa shape index (κ2) is 9.34. The minimum absolute atomic E-state index is 0.313. The summed E-state index contributed by atoms with van der Waals surface area (Å²) in [5, 5.41) is 1.44. The van der Waals surface area contributed by atoms with E-state index in [-0.39, 0.29) is 5.97 Å². The molecule has 0 aliphatic rings. The van der Waals surface area contributed by atoms with E-state index >= 15 is 0 Å². The number of halogens is 2. The van der Waals surface area contributed by atoms with Crippen LogP contribution in [0.1, 0.15) is 43.0 Å². The molecule has 0 spiro atoms. The van der Waals surface area contributed by atoms with Crippen molar-refractivity contribution in [3.63, 3.8) is 0 Å². The Kier molecular flexibility index (Phi) is 6.86. The third-order valence-electron chi connectivity index (χ3n) is 4.36. The van der Waals surface area contributed by atoms with Crippen LogP contribution < -0.4 is 0 Å². The van der Waals surface area contributed by atoms with E-state index in [1.54, 1.807) is 6.07 Å². The molecule has 1 aromatic heterocycles. The highest BCUT2D eigenvalue weighted by atomic mass is 79.9. The zero-order valence-corrected chi connectivity index (χ0v) is 17.5. The number of unbranched alkanes of at least 4 members (excludes halogenated alkanes) is 3. The average molecular weight is 447 g/mol. The van der Waals surface area contributed by atoms with Gasteiger partial charge in [0, 0.05) is 20.4 Å². The Morgan fingerprint density at radius 2 is 1.85 bits per heavy atom. The van der Waals surface area contributed by atoms with Crippen LogP contribution in [0.5, 0.6) is 0 Å². The summed E-state index contributed by atoms with van der Waals surface area (Å²) in [6.45, 7) is 2.60. The Hall–Kier alpha value is -1.91. The van der Waals surface area contributed by atoms with Crippen LogP contribution >= 0.6 is 27.5 Å². The maximum atomic E-state index is 12.8. The summed E-state index contributed by atoms with van der Waals surface area (Å²) in [4.78, 5) is 17.5. The van der Waals surface area contributed by atoms with Crippen molar-refractivity contribution in [2.24, 2.45) is 0 Å². The molecule has 0 fully saturated rings. The monoisotopic (exact) mass is 445 g/mol. The van der Waals surface area contributed by atoms with Crippen molar-refractivity contribution in [2.45, 2.75) is 32.6 Å². The molecule has 27 heavy (non-hydrogen) atoms. The molecule has 0 N–H and O–H groups in total. The second-order valence-electron chi connectivity index (χ2n) is 6.42. The van der Waals surface area contributed by atoms with E-state index in [0.717, 1.165) is 52.3 Å². The summed E-state index contributed by atoms with van der Waals surface area (Å²) < 4.78 is 6.43. The van der Waals surface area contributed by atoms with Gasteiger partial charge in [-0.05, 0) is 42.8 Å². The van der Waals surface area contributed by atoms with Gasteiger partial charge in [0.1, 0.15) is 0 Å². The topological polar surface area (TPSA) is 39.2 Å². The molecule has 3 aromatic rings. The quantitative estimate of drug-likeness (QED) is 0.288. The number of rotatable bonds is 7. The van der Waals surface area contributed by atoms with Gasteiger partial charge in [-0.25, -0.2) is 9.78 Å². The van der Waals surface area contributed by atoms with E-state index in [1.807, 2.05) is 42.5 Å². The minimum atomic E-state index is -0.313. The highest BCUT2D eigenvalue weighted by Gasteiger charge is 2.16. The SMILES string of the molecule is CCCCCCOC(=O)c1cc(-c2ccc(Cl)cc2)nc2ccc(Br)cc12. The molecule has 0 atom stereocenters. The standard InChI is InChI=1S/C22H21BrClNO2/c1-2-3-4-5-12-27-22(26)19-14-21(15-6-9-17(24)10-7-15)25-20-11-8-16(23)13-18(19)20/h6-11,13-14H,2-5,12H2,1H3. The van der Waals surface area contributed by atoms with Gasteiger partial charge in [0.2, 0.25) is 0 Å². The number of hydrogen-bond donors (Lipinski definition) is 0. The maximum Gasteiger partial charge on any atom is 0.338 e. The Morgan fingerprint density at radius 3 is 2.59 bits per heavy atom. The van der Waals surface area contributed by atoms with Gasteiger partial charge in [-0.3, -0.25) is 0 Å². The van der Waals surface area contributed by atoms with E-state index in [9.17, 15) is 4.79 Å². The Bertz CT molecular complexity index is 941. The molecule has 0 amide bonds. The van der Waals surface area contributed by atoms with Gasteiger partial charge in [0.15, 0.2) is 0 Å². The molecule has 0 aliphatic carbocycles. The number of aromatic nitrogens is 1. The molecule has 3 rings (SSSR count). The van der Waals surface area contributed by atoms with Crippen molar-refractivity contribution in [1.29, 1.82) is 0 Å². The lowest BCUT2D eigenvalue weighted by Gasteiger charge is -2.11. The largest absolute Gasteiger partial charge is 0.462 e. The maximum absolute atomic E-state index is 12.8. The second-order valence-corrected chi connectivity index (χ2v) is 7.77. The zero-order valence-electron chi connectivity index (χ0n) is 15.2. The number of benzene rings is 2. The van der Waals surface area contributed by atoms with E-state index in [2.05, 4.69) is 22.9 Å². The number of esters is 1. The number of pyridine rings is 1. The first-order valence-corrected chi connectivity index (χ1v) is 10.3. The lowest BCUT2D eigenvalue weighted by atomic mass is 10.0. The zero-order chi connectivity index (χ0) is 19.2. The van der Waals surface area contributed by atoms with Crippen molar-refractivity contribution in [1.82, 2.24) is 4.98 Å². The fourth-order valence-electron chi connectivity index (χ4n) is 2.91. The molecular formula is C22H21BrClNO2. The van der Waals surface area contributed by atoms with Crippen LogP contribution in [0.3, 0.4) is 0 Å². The number of hydrogen-bond acceptors (Lipinski definition) is 3. The van der Waals surface area contributed by atoms with Crippen molar-refractivity contribution in [2.75, 3.05) is 6.61 Å². The Labute approximate surface area is 172 Å². The fourth-order valence-corrected chi connectivity index (χ4v) is 3.39. The van der Waals surface area contributed by atoms with Gasteiger partial charge >= 0.3 is 5.97 Å². The van der Waals surface area contributed by atoms with Crippen LogP contribution in [0.2, 0.25) is 5.02 Å². The molecule has 0 aliphatic heterocycles. The van der Waals surface area contributed by atoms with Crippen LogP contribution in [0, 0.1) is 0 Å². The Balaban J connectivity index is 1.94. The summed E-state index contributed by atoms with van der Waals surface area (Å²) in [6.07, 6.45) is 4.27. The molecule has 5 heteroatoms. The Morgan fingerprint density at radius 1 is 1.07 bits per heavy atom. The highest BCUT2D eigenvalue weighted by Crippen LogP contribution is 2.28. The molecule has 0 radical (unpaired) electrons. The molecule has 3 nitrogen and oxygen atoms in total. The molecule has 0 saturated heterocycles. The van der Waals surface area contributed by atoms with Gasteiger partial charge in [-0.1, -0.05) is 65.8 Å². The smallest absolute Gasteiger partial charge is 0.338 e. The molecule has 2 aromatic carbocycles. The first-order chi connectivity index (χ1) is 13.1. The van der Waals surface area contributed by atoms with Crippen molar-refractivity contribution in [3.8, 4) is 11.3 Å². The van der Waals surface area contributed by atoms with Gasteiger partial charge < -0.3 is 4.74 Å². The van der Waals surface area contributed by atoms with E-state index in [0.29, 0.717) is 17.2 Å². The van der Waals surface area contributed by atoms with Gasteiger partial charge in [-0.15, -0.1) is 0 Å². The van der Waals surface area contributed by atoms with Gasteiger partial charge in [0.25, 0.3) is 0 Å². The third-order valence-corrected chi connectivity index (χ3v) is 5.11. The van der Waals surface area contributed by atoms with Crippen LogP contribution in [0.4, 0.5) is 0 Å². The molecule has 1 heterocycles. The average Bonchev–Trinajstić information content (AvgIpc) is 2.67. The van der Waals surface area contributed by atoms with E-state index in [4.69, 9.17) is 21.3 Å². The van der Waals surface area contributed by atoms with Gasteiger partial charge in [0.05, 0.1) is 23.4 Å². The fraction of sp³-hybridized carbons (Fsp3) is 0.273. The lowest BCUT2D eigenvalue weighted by Crippen LogP contribution is -2.08. The summed E-state index contributed by atoms with van der Waals surface area (Å²) >= 11 is 9.46. The van der Waals surface area contributed by atoms with Crippen LogP contribution in [-0.4, -0.2) is 17.6 Å². The first kappa shape index (κ1) is 19.8. The highest BCUT2D eigenvalue weighted by molar-refractivity contribution is 9.10. The summed E-state index contributed by atoms with van der Waals surface area (Å²) in [5.74, 6) is -0.313. The number of fused-ring (bicyclic) bond motifs is 1. The summed E-state index contributed by atoms with van der Waals surface area (Å²) in [7, 11) is 0. The van der Waals surface area contributed by atoms with Crippen LogP contribution in [0.25, 0.3) is 22.2 Å². The minimum Gasteiger partial charge on any atom is -0.462 e. The molecule has 0 unspecified atom stereocenters. The lowest BCUT2D eigenvalue weighted by molar-refractivity contribution is 0.0500. The number of ether oxygens (including phenoxy) is 1. The predicted octanol–water partition coefficient (Wildman–Crippen LogP) is 7.05. The van der Waals surface area contributed by atoms with Crippen molar-refractivity contribution < 1.29 is 9.53 Å². The predicted molar refractivity (Wildman–Crippen MR) is 114 cm³/mol. The summed E-state index contributed by atoms with van der Waals surface area (Å²) in [6, 6.07) is 14.9. The van der Waals surface area contributed by atoms with Crippen LogP contribution in [-0.2, 0) is 4.74 Å². The summed E-state index contributed by atoms with van der Waals surface area (Å²) in [5.41, 5.74) is 2.91. The third kappa shape index (κ3) is 5.08. The number of carbonyl (C=O) groups is 1.